The van der Waals surface area contributed by atoms with E-state index in [2.05, 4.69) is 40.4 Å². The summed E-state index contributed by atoms with van der Waals surface area (Å²) in [7, 11) is -6.10. The van der Waals surface area contributed by atoms with Crippen LogP contribution in [0.4, 0.5) is 0 Å². The molecule has 0 spiro atoms. The lowest BCUT2D eigenvalue weighted by Gasteiger charge is -2.36. The number of hydrogen-bond acceptors (Lipinski definition) is 6. The fraction of sp³-hybridized carbons (Fsp3) is 0.526. The van der Waals surface area contributed by atoms with Crippen LogP contribution in [0.2, 0.25) is 18.1 Å². The van der Waals surface area contributed by atoms with Crippen LogP contribution in [-0.4, -0.2) is 40.3 Å². The highest BCUT2D eigenvalue weighted by Gasteiger charge is 2.70. The Morgan fingerprint density at radius 3 is 2.30 bits per heavy atom. The van der Waals surface area contributed by atoms with Crippen LogP contribution in [0.1, 0.15) is 27.7 Å². The predicted octanol–water partition coefficient (Wildman–Crippen LogP) is 3.65. The first-order valence-corrected chi connectivity index (χ1v) is 13.1. The Morgan fingerprint density at radius 1 is 1.26 bits per heavy atom. The van der Waals surface area contributed by atoms with Crippen molar-refractivity contribution in [1.29, 1.82) is 0 Å². The highest BCUT2D eigenvalue weighted by atomic mass is 32.2. The minimum atomic E-state index is -3.99. The van der Waals surface area contributed by atoms with E-state index >= 15 is 0 Å². The minimum absolute atomic E-state index is 0.0320. The molecule has 0 saturated carbocycles. The second kappa shape index (κ2) is 7.16. The van der Waals surface area contributed by atoms with Gasteiger partial charge in [-0.05, 0) is 30.3 Å². The smallest absolute Gasteiger partial charge is 0.307 e. The van der Waals surface area contributed by atoms with Gasteiger partial charge in [0.2, 0.25) is 9.84 Å². The zero-order valence-electron chi connectivity index (χ0n) is 16.7. The van der Waals surface area contributed by atoms with Crippen molar-refractivity contribution in [2.45, 2.75) is 61.8 Å². The molecule has 0 unspecified atom stereocenters. The number of rotatable bonds is 7. The Morgan fingerprint density at radius 2 is 1.81 bits per heavy atom. The van der Waals surface area contributed by atoms with E-state index in [4.69, 9.17) is 13.9 Å². The Kier molecular flexibility index (Phi) is 5.78. The SMILES string of the molecule is C=C(OC(C)=O)[C@]1(S(=O)(=O)c2ccccc2)O[C@@H]1CO[Si](C)(C)C(C)(C)C. The van der Waals surface area contributed by atoms with Gasteiger partial charge in [-0.25, -0.2) is 8.42 Å². The molecule has 2 rings (SSSR count). The molecule has 0 radical (unpaired) electrons. The predicted molar refractivity (Wildman–Crippen MR) is 105 cm³/mol. The van der Waals surface area contributed by atoms with Crippen LogP contribution in [0, 0.1) is 0 Å². The van der Waals surface area contributed by atoms with Gasteiger partial charge in [0.25, 0.3) is 4.93 Å². The van der Waals surface area contributed by atoms with E-state index in [1.54, 1.807) is 18.2 Å². The summed E-state index contributed by atoms with van der Waals surface area (Å²) in [4.78, 5) is 9.65. The monoisotopic (exact) mass is 412 g/mol. The van der Waals surface area contributed by atoms with Gasteiger partial charge in [0, 0.05) is 6.92 Å². The van der Waals surface area contributed by atoms with Crippen molar-refractivity contribution in [3.8, 4) is 0 Å². The number of epoxide rings is 1. The van der Waals surface area contributed by atoms with E-state index in [1.165, 1.54) is 19.1 Å². The molecule has 1 saturated heterocycles. The van der Waals surface area contributed by atoms with Crippen molar-refractivity contribution >= 4 is 24.1 Å². The van der Waals surface area contributed by atoms with E-state index in [-0.39, 0.29) is 22.3 Å². The molecule has 1 aromatic carbocycles. The number of esters is 1. The molecule has 1 fully saturated rings. The number of ether oxygens (including phenoxy) is 2. The third-order valence-corrected chi connectivity index (χ3v) is 12.0. The number of carbonyl (C=O) groups excluding carboxylic acids is 1. The van der Waals surface area contributed by atoms with Gasteiger partial charge in [0.05, 0.1) is 11.5 Å². The highest BCUT2D eigenvalue weighted by molar-refractivity contribution is 7.93. The fourth-order valence-corrected chi connectivity index (χ4v) is 5.34. The van der Waals surface area contributed by atoms with E-state index in [0.29, 0.717) is 0 Å². The molecule has 1 aliphatic heterocycles. The van der Waals surface area contributed by atoms with E-state index in [1.807, 2.05) is 0 Å². The molecule has 2 atom stereocenters. The second-order valence-electron chi connectivity index (χ2n) is 8.18. The largest absolute Gasteiger partial charge is 0.427 e. The third kappa shape index (κ3) is 4.03. The maximum atomic E-state index is 13.2. The lowest BCUT2D eigenvalue weighted by atomic mass is 10.2. The number of benzene rings is 1. The molecule has 8 heteroatoms. The third-order valence-electron chi connectivity index (χ3n) is 5.19. The van der Waals surface area contributed by atoms with Gasteiger partial charge < -0.3 is 13.9 Å². The Bertz CT molecular complexity index is 826. The van der Waals surface area contributed by atoms with Crippen LogP contribution in [0.15, 0.2) is 47.6 Å². The molecular weight excluding hydrogens is 384 g/mol. The average Bonchev–Trinajstić information content (AvgIpc) is 3.29. The summed E-state index contributed by atoms with van der Waals surface area (Å²) in [5.41, 5.74) is 0. The second-order valence-corrected chi connectivity index (χ2v) is 15.1. The van der Waals surface area contributed by atoms with Gasteiger partial charge in [0.1, 0.15) is 6.10 Å². The van der Waals surface area contributed by atoms with Gasteiger partial charge in [-0.3, -0.25) is 4.79 Å². The van der Waals surface area contributed by atoms with Crippen LogP contribution in [0.5, 0.6) is 0 Å². The maximum Gasteiger partial charge on any atom is 0.307 e. The summed E-state index contributed by atoms with van der Waals surface area (Å²) in [6.45, 7) is 15.4. The van der Waals surface area contributed by atoms with Gasteiger partial charge >= 0.3 is 5.97 Å². The Hall–Kier alpha value is -1.48. The molecule has 1 aromatic rings. The Balaban J connectivity index is 2.33. The topological polar surface area (TPSA) is 82.2 Å². The summed E-state index contributed by atoms with van der Waals surface area (Å²) in [5.74, 6) is -0.884. The summed E-state index contributed by atoms with van der Waals surface area (Å²) >= 11 is 0. The maximum absolute atomic E-state index is 13.2. The molecule has 1 heterocycles. The first-order valence-electron chi connectivity index (χ1n) is 8.75. The van der Waals surface area contributed by atoms with Gasteiger partial charge in [0.15, 0.2) is 14.1 Å². The van der Waals surface area contributed by atoms with Crippen LogP contribution >= 0.6 is 0 Å². The van der Waals surface area contributed by atoms with Crippen molar-refractivity contribution in [1.82, 2.24) is 0 Å². The zero-order valence-corrected chi connectivity index (χ0v) is 18.6. The van der Waals surface area contributed by atoms with Crippen LogP contribution in [0.25, 0.3) is 0 Å². The highest BCUT2D eigenvalue weighted by Crippen LogP contribution is 2.51. The van der Waals surface area contributed by atoms with Crippen LogP contribution < -0.4 is 0 Å². The summed E-state index contributed by atoms with van der Waals surface area (Å²) in [5, 5.41) is -0.0320. The average molecular weight is 413 g/mol. The standard InChI is InChI=1S/C19H28O6SSi/c1-14(24-15(2)20)19(26(21,22)16-11-9-8-10-12-16)17(25-19)13-23-27(6,7)18(3,4)5/h8-12,17H,1,13H2,2-7H3/t17-,19-/m1/s1. The quantitative estimate of drug-likeness (QED) is 0.294. The molecule has 0 N–H and O–H groups in total. The van der Waals surface area contributed by atoms with Crippen molar-refractivity contribution < 1.29 is 27.1 Å². The Labute approximate surface area is 162 Å². The number of carbonyl (C=O) groups is 1. The fourth-order valence-electron chi connectivity index (χ4n) is 2.47. The van der Waals surface area contributed by atoms with Crippen LogP contribution in [0.3, 0.4) is 0 Å². The number of sulfone groups is 1. The van der Waals surface area contributed by atoms with E-state index in [9.17, 15) is 13.2 Å². The first kappa shape index (κ1) is 21.8. The van der Waals surface area contributed by atoms with Crippen LogP contribution in [-0.2, 0) is 28.5 Å². The molecule has 0 aromatic heterocycles. The molecule has 0 bridgehead atoms. The number of hydrogen-bond donors (Lipinski definition) is 0. The summed E-state index contributed by atoms with van der Waals surface area (Å²) < 4.78 is 43.3. The molecule has 27 heavy (non-hydrogen) atoms. The molecule has 0 amide bonds. The molecule has 150 valence electrons. The van der Waals surface area contributed by atoms with Gasteiger partial charge in [-0.1, -0.05) is 45.5 Å². The van der Waals surface area contributed by atoms with E-state index < -0.39 is 35.2 Å². The van der Waals surface area contributed by atoms with Crippen molar-refractivity contribution in [2.75, 3.05) is 6.61 Å². The summed E-state index contributed by atoms with van der Waals surface area (Å²) in [6, 6.07) is 7.92. The molecule has 0 aliphatic carbocycles. The van der Waals surface area contributed by atoms with Gasteiger partial charge in [-0.15, -0.1) is 0 Å². The van der Waals surface area contributed by atoms with Crippen molar-refractivity contribution in [2.24, 2.45) is 0 Å². The van der Waals surface area contributed by atoms with E-state index in [0.717, 1.165) is 0 Å². The molecule has 1 aliphatic rings. The lowest BCUT2D eigenvalue weighted by Crippen LogP contribution is -2.43. The lowest BCUT2D eigenvalue weighted by molar-refractivity contribution is -0.137. The molecular formula is C19H28O6SSi. The normalized spacial score (nSPS) is 23.0. The van der Waals surface area contributed by atoms with Crippen molar-refractivity contribution in [3.05, 3.63) is 42.7 Å². The first-order chi connectivity index (χ1) is 12.3. The summed E-state index contributed by atoms with van der Waals surface area (Å²) in [6.07, 6.45) is -0.788. The van der Waals surface area contributed by atoms with Gasteiger partial charge in [-0.2, -0.15) is 0 Å². The molecule has 6 nitrogen and oxygen atoms in total. The van der Waals surface area contributed by atoms with Crippen molar-refractivity contribution in [3.63, 3.8) is 0 Å². The minimum Gasteiger partial charge on any atom is -0.427 e. The zero-order chi connectivity index (χ0) is 20.7.